The van der Waals surface area contributed by atoms with Crippen LogP contribution in [0.5, 0.6) is 5.75 Å². The van der Waals surface area contributed by atoms with Gasteiger partial charge in [0.15, 0.2) is 5.75 Å². The maximum Gasteiger partial charge on any atom is 0.308 e. The van der Waals surface area contributed by atoms with Gasteiger partial charge in [-0.2, -0.15) is 0 Å². The maximum absolute atomic E-state index is 12.6. The van der Waals surface area contributed by atoms with E-state index < -0.39 is 11.5 Å². The first-order chi connectivity index (χ1) is 11.0. The summed E-state index contributed by atoms with van der Waals surface area (Å²) in [5.41, 5.74) is 0.768. The molecule has 0 bridgehead atoms. The zero-order chi connectivity index (χ0) is 16.6. The lowest BCUT2D eigenvalue weighted by Gasteiger charge is -2.13. The minimum Gasteiger partial charge on any atom is -0.425 e. The summed E-state index contributed by atoms with van der Waals surface area (Å²) in [6.45, 7) is 1.26. The van der Waals surface area contributed by atoms with E-state index in [-0.39, 0.29) is 11.3 Å². The van der Waals surface area contributed by atoms with Crippen LogP contribution in [-0.2, 0) is 4.79 Å². The third-order valence-corrected chi connectivity index (χ3v) is 3.96. The van der Waals surface area contributed by atoms with Crippen molar-refractivity contribution >= 4 is 40.1 Å². The number of esters is 1. The van der Waals surface area contributed by atoms with E-state index in [0.29, 0.717) is 26.5 Å². The third kappa shape index (κ3) is 2.83. The first-order valence-electron chi connectivity index (χ1n) is 6.77. The second kappa shape index (κ2) is 6.07. The van der Waals surface area contributed by atoms with Crippen molar-refractivity contribution in [3.05, 3.63) is 62.9 Å². The van der Waals surface area contributed by atoms with Crippen molar-refractivity contribution in [1.82, 2.24) is 4.98 Å². The van der Waals surface area contributed by atoms with Crippen LogP contribution < -0.4 is 10.3 Å². The van der Waals surface area contributed by atoms with Crippen LogP contribution in [0.3, 0.4) is 0 Å². The minimum absolute atomic E-state index is 0.106. The van der Waals surface area contributed by atoms with Gasteiger partial charge < -0.3 is 9.72 Å². The Morgan fingerprint density at radius 1 is 1.04 bits per heavy atom. The number of carbonyl (C=O) groups is 1. The van der Waals surface area contributed by atoms with E-state index in [0.717, 1.165) is 0 Å². The molecular weight excluding hydrogens is 337 g/mol. The van der Waals surface area contributed by atoms with Crippen LogP contribution in [0.15, 0.2) is 47.3 Å². The summed E-state index contributed by atoms with van der Waals surface area (Å²) >= 11 is 12.4. The van der Waals surface area contributed by atoms with E-state index in [1.54, 1.807) is 36.4 Å². The summed E-state index contributed by atoms with van der Waals surface area (Å²) in [6.07, 6.45) is 0. The normalized spacial score (nSPS) is 10.7. The highest BCUT2D eigenvalue weighted by molar-refractivity contribution is 6.40. The number of aromatic amines is 1. The first kappa shape index (κ1) is 15.6. The average Bonchev–Trinajstić information content (AvgIpc) is 2.51. The number of fused-ring (bicyclic) bond motifs is 1. The van der Waals surface area contributed by atoms with Gasteiger partial charge in [0, 0.05) is 6.92 Å². The fourth-order valence-electron chi connectivity index (χ4n) is 2.41. The van der Waals surface area contributed by atoms with Gasteiger partial charge in [-0.1, -0.05) is 53.5 Å². The number of carbonyl (C=O) groups excluding carboxylic acids is 1. The molecule has 1 heterocycles. The molecule has 23 heavy (non-hydrogen) atoms. The molecule has 3 aromatic rings. The van der Waals surface area contributed by atoms with Gasteiger partial charge in [0.25, 0.3) is 5.56 Å². The van der Waals surface area contributed by atoms with Crippen molar-refractivity contribution in [2.75, 3.05) is 0 Å². The number of H-pyrrole nitrogens is 1. The molecule has 1 N–H and O–H groups in total. The Kier molecular flexibility index (Phi) is 4.11. The quantitative estimate of drug-likeness (QED) is 0.697. The summed E-state index contributed by atoms with van der Waals surface area (Å²) in [7, 11) is 0. The zero-order valence-electron chi connectivity index (χ0n) is 12.0. The fourth-order valence-corrected chi connectivity index (χ4v) is 2.86. The molecule has 0 saturated carbocycles. The Bertz CT molecular complexity index is 965. The standard InChI is InChI=1S/C17H11Cl2NO3/c1-9(21)23-16-13(10-5-3-2-4-6-10)17(22)20-15-12(19)8-7-11(18)14(15)16/h2-8H,1H3,(H,20,22). The van der Waals surface area contributed by atoms with Crippen LogP contribution in [0, 0.1) is 0 Å². The fraction of sp³-hybridized carbons (Fsp3) is 0.0588. The molecule has 3 rings (SSSR count). The molecule has 0 aliphatic carbocycles. The van der Waals surface area contributed by atoms with E-state index in [9.17, 15) is 9.59 Å². The number of rotatable bonds is 2. The Morgan fingerprint density at radius 3 is 2.35 bits per heavy atom. The summed E-state index contributed by atoms with van der Waals surface area (Å²) in [4.78, 5) is 26.8. The van der Waals surface area contributed by atoms with Crippen molar-refractivity contribution in [1.29, 1.82) is 0 Å². The van der Waals surface area contributed by atoms with Gasteiger partial charge in [-0.3, -0.25) is 9.59 Å². The predicted molar refractivity (Wildman–Crippen MR) is 91.3 cm³/mol. The lowest BCUT2D eigenvalue weighted by atomic mass is 10.0. The van der Waals surface area contributed by atoms with Crippen LogP contribution >= 0.6 is 23.2 Å². The second-order valence-electron chi connectivity index (χ2n) is 4.90. The molecule has 2 aromatic carbocycles. The first-order valence-corrected chi connectivity index (χ1v) is 7.52. The highest BCUT2D eigenvalue weighted by atomic mass is 35.5. The van der Waals surface area contributed by atoms with Gasteiger partial charge in [-0.25, -0.2) is 0 Å². The van der Waals surface area contributed by atoms with Gasteiger partial charge in [0.2, 0.25) is 0 Å². The summed E-state index contributed by atoms with van der Waals surface area (Å²) in [5, 5.41) is 1.04. The minimum atomic E-state index is -0.551. The molecular formula is C17H11Cl2NO3. The number of benzene rings is 2. The molecule has 116 valence electrons. The predicted octanol–water partition coefficient (Wildman–Crippen LogP) is 4.43. The number of aromatic nitrogens is 1. The van der Waals surface area contributed by atoms with E-state index in [1.165, 1.54) is 6.92 Å². The number of hydrogen-bond acceptors (Lipinski definition) is 3. The SMILES string of the molecule is CC(=O)Oc1c(-c2ccccc2)c(=O)[nH]c2c(Cl)ccc(Cl)c12. The summed E-state index contributed by atoms with van der Waals surface area (Å²) in [5.74, 6) is -0.444. The molecule has 0 aliphatic heterocycles. The monoisotopic (exact) mass is 347 g/mol. The molecule has 0 atom stereocenters. The Hall–Kier alpha value is -2.30. The number of halogens is 2. The molecule has 0 amide bonds. The molecule has 0 radical (unpaired) electrons. The molecule has 0 fully saturated rings. The number of nitrogens with one attached hydrogen (secondary N) is 1. The van der Waals surface area contributed by atoms with Gasteiger partial charge in [-0.15, -0.1) is 0 Å². The summed E-state index contributed by atoms with van der Waals surface area (Å²) < 4.78 is 5.33. The van der Waals surface area contributed by atoms with Gasteiger partial charge >= 0.3 is 5.97 Å². The number of ether oxygens (including phenoxy) is 1. The van der Waals surface area contributed by atoms with E-state index in [2.05, 4.69) is 4.98 Å². The largest absolute Gasteiger partial charge is 0.425 e. The maximum atomic E-state index is 12.6. The van der Waals surface area contributed by atoms with Crippen molar-refractivity contribution in [2.24, 2.45) is 0 Å². The van der Waals surface area contributed by atoms with E-state index in [4.69, 9.17) is 27.9 Å². The van der Waals surface area contributed by atoms with Crippen molar-refractivity contribution in [3.8, 4) is 16.9 Å². The Morgan fingerprint density at radius 2 is 1.70 bits per heavy atom. The molecule has 4 nitrogen and oxygen atoms in total. The molecule has 0 aliphatic rings. The van der Waals surface area contributed by atoms with Crippen LogP contribution in [-0.4, -0.2) is 11.0 Å². The Labute approximate surface area is 141 Å². The van der Waals surface area contributed by atoms with Crippen LogP contribution in [0.2, 0.25) is 10.0 Å². The lowest BCUT2D eigenvalue weighted by molar-refractivity contribution is -0.131. The second-order valence-corrected chi connectivity index (χ2v) is 5.71. The average molecular weight is 348 g/mol. The lowest BCUT2D eigenvalue weighted by Crippen LogP contribution is -2.14. The topological polar surface area (TPSA) is 59.2 Å². The van der Waals surface area contributed by atoms with Gasteiger partial charge in [0.1, 0.15) is 0 Å². The highest BCUT2D eigenvalue weighted by Crippen LogP contribution is 2.39. The Balaban J connectivity index is 2.49. The molecule has 0 unspecified atom stereocenters. The molecule has 0 saturated heterocycles. The van der Waals surface area contributed by atoms with Gasteiger partial charge in [0.05, 0.1) is 26.5 Å². The van der Waals surface area contributed by atoms with Crippen molar-refractivity contribution in [2.45, 2.75) is 6.92 Å². The third-order valence-electron chi connectivity index (χ3n) is 3.33. The number of hydrogen-bond donors (Lipinski definition) is 1. The van der Waals surface area contributed by atoms with Crippen LogP contribution in [0.1, 0.15) is 6.92 Å². The highest BCUT2D eigenvalue weighted by Gasteiger charge is 2.20. The van der Waals surface area contributed by atoms with Gasteiger partial charge in [-0.05, 0) is 17.7 Å². The number of pyridine rings is 1. The van der Waals surface area contributed by atoms with Crippen molar-refractivity contribution < 1.29 is 9.53 Å². The van der Waals surface area contributed by atoms with E-state index in [1.807, 2.05) is 6.07 Å². The van der Waals surface area contributed by atoms with E-state index >= 15 is 0 Å². The van der Waals surface area contributed by atoms with Crippen molar-refractivity contribution in [3.63, 3.8) is 0 Å². The molecule has 1 aromatic heterocycles. The molecule has 6 heteroatoms. The van der Waals surface area contributed by atoms with Crippen LogP contribution in [0.25, 0.3) is 22.0 Å². The zero-order valence-corrected chi connectivity index (χ0v) is 13.5. The van der Waals surface area contributed by atoms with Crippen LogP contribution in [0.4, 0.5) is 0 Å². The summed E-state index contributed by atoms with van der Waals surface area (Å²) in [6, 6.07) is 12.1. The smallest absolute Gasteiger partial charge is 0.308 e. The molecule has 0 spiro atoms.